The van der Waals surface area contributed by atoms with Crippen LogP contribution in [0, 0.1) is 0 Å². The van der Waals surface area contributed by atoms with Gasteiger partial charge in [0, 0.05) is 24.2 Å². The molecule has 0 amide bonds. The summed E-state index contributed by atoms with van der Waals surface area (Å²) in [5.74, 6) is 0.853. The van der Waals surface area contributed by atoms with E-state index in [1.54, 1.807) is 0 Å². The van der Waals surface area contributed by atoms with Crippen molar-refractivity contribution in [2.75, 3.05) is 6.61 Å². The van der Waals surface area contributed by atoms with Gasteiger partial charge < -0.3 is 9.30 Å². The van der Waals surface area contributed by atoms with Crippen molar-refractivity contribution in [2.24, 2.45) is 7.05 Å². The number of rotatable bonds is 4. The lowest BCUT2D eigenvalue weighted by Gasteiger charge is -2.06. The number of hydrogen-bond acceptors (Lipinski definition) is 2. The first-order valence-corrected chi connectivity index (χ1v) is 7.68. The Morgan fingerprint density at radius 3 is 2.52 bits per heavy atom. The summed E-state index contributed by atoms with van der Waals surface area (Å²) in [6.07, 6.45) is 5.68. The molecule has 116 valence electrons. The Balaban J connectivity index is 1.95. The zero-order valence-electron chi connectivity index (χ0n) is 13.3. The summed E-state index contributed by atoms with van der Waals surface area (Å²) in [6, 6.07) is 15.5. The fourth-order valence-electron chi connectivity index (χ4n) is 2.61. The molecule has 0 saturated carbocycles. The second-order valence-corrected chi connectivity index (χ2v) is 5.38. The molecule has 2 aromatic carbocycles. The van der Waals surface area contributed by atoms with Crippen molar-refractivity contribution in [3.8, 4) is 5.75 Å². The molecule has 0 unspecified atom stereocenters. The quantitative estimate of drug-likeness (QED) is 0.726. The highest BCUT2D eigenvalue weighted by Crippen LogP contribution is 2.15. The van der Waals surface area contributed by atoms with E-state index in [1.165, 1.54) is 0 Å². The van der Waals surface area contributed by atoms with E-state index < -0.39 is 0 Å². The van der Waals surface area contributed by atoms with Crippen molar-refractivity contribution in [2.45, 2.75) is 6.92 Å². The topological polar surface area (TPSA) is 31.2 Å². The van der Waals surface area contributed by atoms with Gasteiger partial charge in [0.05, 0.1) is 12.1 Å². The fraction of sp³-hybridized carbons (Fsp3) is 0.150. The third-order valence-electron chi connectivity index (χ3n) is 3.77. The lowest BCUT2D eigenvalue weighted by atomic mass is 10.1. The van der Waals surface area contributed by atoms with Gasteiger partial charge in [-0.15, -0.1) is 0 Å². The number of aromatic nitrogens is 1. The Labute approximate surface area is 135 Å². The van der Waals surface area contributed by atoms with Gasteiger partial charge in [-0.1, -0.05) is 30.3 Å². The van der Waals surface area contributed by atoms with Crippen LogP contribution in [0.1, 0.15) is 18.1 Å². The molecule has 3 aromatic rings. The molecule has 3 rings (SSSR count). The minimum atomic E-state index is 0.0564. The molecule has 3 nitrogen and oxygen atoms in total. The third-order valence-corrected chi connectivity index (χ3v) is 3.77. The number of benzene rings is 2. The van der Waals surface area contributed by atoms with Crippen LogP contribution in [-0.4, -0.2) is 11.2 Å². The highest BCUT2D eigenvalue weighted by atomic mass is 16.5. The molecule has 3 heteroatoms. The lowest BCUT2D eigenvalue weighted by molar-refractivity contribution is 0.340. The first-order valence-electron chi connectivity index (χ1n) is 7.68. The molecule has 1 heterocycles. The molecule has 0 bridgehead atoms. The first-order chi connectivity index (χ1) is 11.2. The van der Waals surface area contributed by atoms with Gasteiger partial charge in [-0.3, -0.25) is 4.79 Å². The van der Waals surface area contributed by atoms with Gasteiger partial charge in [0.15, 0.2) is 5.43 Å². The Hall–Kier alpha value is -2.81. The largest absolute Gasteiger partial charge is 0.494 e. The van der Waals surface area contributed by atoms with Gasteiger partial charge in [0.25, 0.3) is 0 Å². The van der Waals surface area contributed by atoms with Crippen LogP contribution in [0.4, 0.5) is 0 Å². The van der Waals surface area contributed by atoms with E-state index in [0.717, 1.165) is 22.2 Å². The zero-order chi connectivity index (χ0) is 16.2. The van der Waals surface area contributed by atoms with Crippen LogP contribution in [0.2, 0.25) is 0 Å². The number of nitrogens with zero attached hydrogens (tertiary/aromatic N) is 1. The molecule has 0 aliphatic carbocycles. The molecular weight excluding hydrogens is 286 g/mol. The Bertz CT molecular complexity index is 905. The van der Waals surface area contributed by atoms with Crippen LogP contribution in [0.3, 0.4) is 0 Å². The van der Waals surface area contributed by atoms with Crippen molar-refractivity contribution < 1.29 is 4.74 Å². The van der Waals surface area contributed by atoms with Crippen LogP contribution in [0.15, 0.2) is 59.5 Å². The maximum Gasteiger partial charge on any atom is 0.196 e. The van der Waals surface area contributed by atoms with E-state index in [4.69, 9.17) is 4.74 Å². The van der Waals surface area contributed by atoms with Gasteiger partial charge in [0.1, 0.15) is 5.75 Å². The van der Waals surface area contributed by atoms with E-state index in [2.05, 4.69) is 0 Å². The predicted molar refractivity (Wildman–Crippen MR) is 95.7 cm³/mol. The van der Waals surface area contributed by atoms with Gasteiger partial charge in [-0.25, -0.2) is 0 Å². The lowest BCUT2D eigenvalue weighted by Crippen LogP contribution is -2.10. The van der Waals surface area contributed by atoms with Gasteiger partial charge in [-0.05, 0) is 42.8 Å². The highest BCUT2D eigenvalue weighted by molar-refractivity contribution is 5.82. The summed E-state index contributed by atoms with van der Waals surface area (Å²) in [5, 5.41) is 0.740. The van der Waals surface area contributed by atoms with E-state index in [9.17, 15) is 4.79 Å². The number of pyridine rings is 1. The number of hydrogen-bond donors (Lipinski definition) is 0. The predicted octanol–water partition coefficient (Wildman–Crippen LogP) is 4.11. The van der Waals surface area contributed by atoms with Crippen molar-refractivity contribution >= 4 is 23.1 Å². The van der Waals surface area contributed by atoms with Crippen molar-refractivity contribution in [3.63, 3.8) is 0 Å². The number of fused-ring (bicyclic) bond motifs is 1. The summed E-state index contributed by atoms with van der Waals surface area (Å²) in [4.78, 5) is 12.6. The Kier molecular flexibility index (Phi) is 4.29. The molecule has 23 heavy (non-hydrogen) atoms. The zero-order valence-corrected chi connectivity index (χ0v) is 13.3. The van der Waals surface area contributed by atoms with E-state index in [0.29, 0.717) is 12.2 Å². The summed E-state index contributed by atoms with van der Waals surface area (Å²) in [5.41, 5.74) is 2.71. The second-order valence-electron chi connectivity index (χ2n) is 5.38. The molecule has 0 saturated heterocycles. The number of ether oxygens (including phenoxy) is 1. The monoisotopic (exact) mass is 305 g/mol. The van der Waals surface area contributed by atoms with Gasteiger partial charge >= 0.3 is 0 Å². The molecule has 0 radical (unpaired) electrons. The van der Waals surface area contributed by atoms with E-state index in [-0.39, 0.29) is 5.43 Å². The first kappa shape index (κ1) is 15.1. The number of aryl methyl sites for hydroxylation is 1. The van der Waals surface area contributed by atoms with Crippen LogP contribution in [0.5, 0.6) is 5.75 Å². The van der Waals surface area contributed by atoms with E-state index >= 15 is 0 Å². The summed E-state index contributed by atoms with van der Waals surface area (Å²) in [7, 11) is 1.95. The van der Waals surface area contributed by atoms with Crippen LogP contribution in [-0.2, 0) is 7.05 Å². The SMILES string of the molecule is CCOc1ccc(/C=C\c2cn(C)c3ccccc3c2=O)cc1. The van der Waals surface area contributed by atoms with Crippen molar-refractivity contribution in [1.82, 2.24) is 4.57 Å². The third kappa shape index (κ3) is 3.19. The summed E-state index contributed by atoms with van der Waals surface area (Å²) < 4.78 is 7.41. The molecular formula is C20H19NO2. The molecule has 0 aliphatic rings. The summed E-state index contributed by atoms with van der Waals surface area (Å²) >= 11 is 0. The molecule has 0 N–H and O–H groups in total. The van der Waals surface area contributed by atoms with Crippen molar-refractivity contribution in [1.29, 1.82) is 0 Å². The fourth-order valence-corrected chi connectivity index (χ4v) is 2.61. The van der Waals surface area contributed by atoms with Gasteiger partial charge in [-0.2, -0.15) is 0 Å². The van der Waals surface area contributed by atoms with Crippen LogP contribution < -0.4 is 10.2 Å². The summed E-state index contributed by atoms with van der Waals surface area (Å²) in [6.45, 7) is 2.62. The van der Waals surface area contributed by atoms with Crippen LogP contribution >= 0.6 is 0 Å². The van der Waals surface area contributed by atoms with Crippen molar-refractivity contribution in [3.05, 3.63) is 76.1 Å². The van der Waals surface area contributed by atoms with Crippen LogP contribution in [0.25, 0.3) is 23.1 Å². The van der Waals surface area contributed by atoms with Gasteiger partial charge in [0.2, 0.25) is 0 Å². The minimum absolute atomic E-state index is 0.0564. The molecule has 0 fully saturated rings. The molecule has 0 atom stereocenters. The molecule has 0 spiro atoms. The normalized spacial score (nSPS) is 11.2. The van der Waals surface area contributed by atoms with E-state index in [1.807, 2.05) is 85.4 Å². The Morgan fingerprint density at radius 1 is 1.04 bits per heavy atom. The highest BCUT2D eigenvalue weighted by Gasteiger charge is 2.04. The standard InChI is InChI=1S/C20H19NO2/c1-3-23-17-12-9-15(10-13-17)8-11-16-14-21(2)19-7-5-4-6-18(19)20(16)22/h4-14H,3H2,1-2H3/b11-8-. The second kappa shape index (κ2) is 6.53. The Morgan fingerprint density at radius 2 is 1.78 bits per heavy atom. The molecule has 1 aromatic heterocycles. The number of para-hydroxylation sites is 1. The maximum absolute atomic E-state index is 12.6. The average Bonchev–Trinajstić information content (AvgIpc) is 2.58. The smallest absolute Gasteiger partial charge is 0.196 e. The molecule has 0 aliphatic heterocycles. The maximum atomic E-state index is 12.6. The minimum Gasteiger partial charge on any atom is -0.494 e. The average molecular weight is 305 g/mol.